The maximum Gasteiger partial charge on any atom is 0.306 e. The zero-order valence-electron chi connectivity index (χ0n) is 21.1. The highest BCUT2D eigenvalue weighted by atomic mass is 16.6. The number of esters is 1. The quantitative estimate of drug-likeness (QED) is 0.149. The van der Waals surface area contributed by atoms with E-state index in [0.717, 1.165) is 17.5 Å². The molecule has 32 heavy (non-hydrogen) atoms. The summed E-state index contributed by atoms with van der Waals surface area (Å²) in [5.74, 6) is 6.20. The van der Waals surface area contributed by atoms with Gasteiger partial charge in [0, 0.05) is 12.8 Å². The van der Waals surface area contributed by atoms with Crippen LogP contribution in [0.5, 0.6) is 0 Å². The molecule has 3 heteroatoms. The highest BCUT2D eigenvalue weighted by Gasteiger charge is 2.15. The van der Waals surface area contributed by atoms with Gasteiger partial charge in [0.15, 0.2) is 0 Å². The lowest BCUT2D eigenvalue weighted by Crippen LogP contribution is -2.23. The van der Waals surface area contributed by atoms with Crippen LogP contribution in [0.4, 0.5) is 0 Å². The number of carbonyl (C=O) groups is 1. The van der Waals surface area contributed by atoms with E-state index in [0.29, 0.717) is 26.1 Å². The Labute approximate surface area is 197 Å². The molecular weight excluding hydrogens is 396 g/mol. The van der Waals surface area contributed by atoms with Gasteiger partial charge in [0.2, 0.25) is 0 Å². The molecule has 0 radical (unpaired) electrons. The number of aryl methyl sites for hydroxylation is 1. The van der Waals surface area contributed by atoms with Crippen LogP contribution in [-0.2, 0) is 27.3 Å². The van der Waals surface area contributed by atoms with Crippen molar-refractivity contribution < 1.29 is 14.3 Å². The van der Waals surface area contributed by atoms with Crippen molar-refractivity contribution in [1.29, 1.82) is 0 Å². The second-order valence-corrected chi connectivity index (χ2v) is 9.68. The summed E-state index contributed by atoms with van der Waals surface area (Å²) in [5, 5.41) is 0. The predicted molar refractivity (Wildman–Crippen MR) is 135 cm³/mol. The molecule has 0 aliphatic heterocycles. The van der Waals surface area contributed by atoms with E-state index < -0.39 is 5.60 Å². The SMILES string of the molecule is CCCCCCCCCCCCC#CCOCc1ccc(CCC(=O)OC(C)(C)C)cc1. The third kappa shape index (κ3) is 16.8. The van der Waals surface area contributed by atoms with Crippen molar-refractivity contribution >= 4 is 5.97 Å². The molecule has 0 N–H and O–H groups in total. The molecule has 0 heterocycles. The van der Waals surface area contributed by atoms with Crippen LogP contribution in [0.2, 0.25) is 0 Å². The van der Waals surface area contributed by atoms with E-state index in [9.17, 15) is 4.79 Å². The Balaban J connectivity index is 2.02. The third-order valence-electron chi connectivity index (χ3n) is 5.28. The average molecular weight is 443 g/mol. The fourth-order valence-electron chi connectivity index (χ4n) is 3.50. The fraction of sp³-hybridized carbons (Fsp3) is 0.690. The average Bonchev–Trinajstić information content (AvgIpc) is 2.74. The first-order valence-electron chi connectivity index (χ1n) is 12.7. The van der Waals surface area contributed by atoms with E-state index in [2.05, 4.69) is 43.0 Å². The molecule has 0 saturated carbocycles. The Morgan fingerprint density at radius 2 is 1.38 bits per heavy atom. The maximum atomic E-state index is 11.8. The van der Waals surface area contributed by atoms with Gasteiger partial charge in [-0.1, -0.05) is 94.9 Å². The summed E-state index contributed by atoms with van der Waals surface area (Å²) < 4.78 is 11.0. The van der Waals surface area contributed by atoms with E-state index in [1.54, 1.807) is 0 Å². The number of unbranched alkanes of at least 4 members (excludes halogenated alkanes) is 10. The summed E-state index contributed by atoms with van der Waals surface area (Å²) in [5.41, 5.74) is 1.84. The molecule has 0 aliphatic rings. The second-order valence-electron chi connectivity index (χ2n) is 9.68. The van der Waals surface area contributed by atoms with Crippen LogP contribution in [0.25, 0.3) is 0 Å². The molecule has 0 saturated heterocycles. The molecule has 0 unspecified atom stereocenters. The van der Waals surface area contributed by atoms with Crippen molar-refractivity contribution in [3.8, 4) is 11.8 Å². The van der Waals surface area contributed by atoms with Gasteiger partial charge in [0.1, 0.15) is 12.2 Å². The normalized spacial score (nSPS) is 11.1. The molecule has 0 aliphatic carbocycles. The number of hydrogen-bond acceptors (Lipinski definition) is 3. The topological polar surface area (TPSA) is 35.5 Å². The highest BCUT2D eigenvalue weighted by Crippen LogP contribution is 2.13. The summed E-state index contributed by atoms with van der Waals surface area (Å²) in [6.45, 7) is 9.00. The summed E-state index contributed by atoms with van der Waals surface area (Å²) in [7, 11) is 0. The Morgan fingerprint density at radius 1 is 0.812 bits per heavy atom. The number of benzene rings is 1. The van der Waals surface area contributed by atoms with Gasteiger partial charge >= 0.3 is 5.97 Å². The Kier molecular flexibility index (Phi) is 15.6. The molecule has 180 valence electrons. The van der Waals surface area contributed by atoms with Crippen molar-refractivity contribution in [3.05, 3.63) is 35.4 Å². The number of ether oxygens (including phenoxy) is 2. The minimum absolute atomic E-state index is 0.152. The predicted octanol–water partition coefficient (Wildman–Crippen LogP) is 7.79. The summed E-state index contributed by atoms with van der Waals surface area (Å²) in [4.78, 5) is 11.8. The zero-order chi connectivity index (χ0) is 23.5. The number of rotatable bonds is 16. The summed E-state index contributed by atoms with van der Waals surface area (Å²) in [6, 6.07) is 8.23. The molecule has 1 aromatic rings. The first-order chi connectivity index (χ1) is 15.4. The zero-order valence-corrected chi connectivity index (χ0v) is 21.1. The fourth-order valence-corrected chi connectivity index (χ4v) is 3.50. The molecule has 0 spiro atoms. The Bertz CT molecular complexity index is 658. The first-order valence-corrected chi connectivity index (χ1v) is 12.7. The van der Waals surface area contributed by atoms with Gasteiger partial charge in [-0.15, -0.1) is 5.92 Å². The molecule has 0 atom stereocenters. The van der Waals surface area contributed by atoms with E-state index in [1.165, 1.54) is 64.2 Å². The Hall–Kier alpha value is -1.79. The minimum Gasteiger partial charge on any atom is -0.460 e. The number of carbonyl (C=O) groups excluding carboxylic acids is 1. The van der Waals surface area contributed by atoms with Crippen molar-refractivity contribution in [2.75, 3.05) is 6.61 Å². The summed E-state index contributed by atoms with van der Waals surface area (Å²) >= 11 is 0. The van der Waals surface area contributed by atoms with Gasteiger partial charge in [-0.05, 0) is 44.7 Å². The van der Waals surface area contributed by atoms with Crippen molar-refractivity contribution in [2.24, 2.45) is 0 Å². The van der Waals surface area contributed by atoms with Crippen molar-refractivity contribution in [2.45, 2.75) is 123 Å². The van der Waals surface area contributed by atoms with Crippen LogP contribution >= 0.6 is 0 Å². The van der Waals surface area contributed by atoms with E-state index >= 15 is 0 Å². The monoisotopic (exact) mass is 442 g/mol. The molecule has 0 bridgehead atoms. The van der Waals surface area contributed by atoms with Crippen molar-refractivity contribution in [1.82, 2.24) is 0 Å². The number of hydrogen-bond donors (Lipinski definition) is 0. The van der Waals surface area contributed by atoms with Crippen LogP contribution in [-0.4, -0.2) is 18.2 Å². The largest absolute Gasteiger partial charge is 0.460 e. The van der Waals surface area contributed by atoms with Crippen LogP contribution < -0.4 is 0 Å². The van der Waals surface area contributed by atoms with Gasteiger partial charge in [0.05, 0.1) is 6.61 Å². The summed E-state index contributed by atoms with van der Waals surface area (Å²) in [6.07, 6.45) is 15.7. The van der Waals surface area contributed by atoms with Gasteiger partial charge in [-0.25, -0.2) is 0 Å². The maximum absolute atomic E-state index is 11.8. The molecule has 0 fully saturated rings. The highest BCUT2D eigenvalue weighted by molar-refractivity contribution is 5.70. The lowest BCUT2D eigenvalue weighted by molar-refractivity contribution is -0.154. The molecular formula is C29H46O3. The van der Waals surface area contributed by atoms with E-state index in [4.69, 9.17) is 9.47 Å². The van der Waals surface area contributed by atoms with Gasteiger partial charge < -0.3 is 9.47 Å². The van der Waals surface area contributed by atoms with E-state index in [-0.39, 0.29) is 5.97 Å². The third-order valence-corrected chi connectivity index (χ3v) is 5.28. The van der Waals surface area contributed by atoms with Crippen LogP contribution in [0.3, 0.4) is 0 Å². The van der Waals surface area contributed by atoms with Gasteiger partial charge in [-0.2, -0.15) is 0 Å². The van der Waals surface area contributed by atoms with Crippen LogP contribution in [0, 0.1) is 11.8 Å². The van der Waals surface area contributed by atoms with Crippen LogP contribution in [0.1, 0.15) is 116 Å². The van der Waals surface area contributed by atoms with Crippen molar-refractivity contribution in [3.63, 3.8) is 0 Å². The lowest BCUT2D eigenvalue weighted by Gasteiger charge is -2.19. The first kappa shape index (κ1) is 28.2. The molecule has 3 nitrogen and oxygen atoms in total. The standard InChI is InChI=1S/C29H46O3/c1-5-6-7-8-9-10-11-12-13-14-15-16-17-24-31-25-27-20-18-26(19-21-27)22-23-28(30)32-29(2,3)4/h18-21H,5-15,22-25H2,1-4H3. The van der Waals surface area contributed by atoms with E-state index in [1.807, 2.05) is 20.8 Å². The minimum atomic E-state index is -0.422. The second kappa shape index (κ2) is 17.7. The molecule has 0 amide bonds. The van der Waals surface area contributed by atoms with Gasteiger partial charge in [-0.3, -0.25) is 4.79 Å². The lowest BCUT2D eigenvalue weighted by atomic mass is 10.1. The smallest absolute Gasteiger partial charge is 0.306 e. The molecule has 1 rings (SSSR count). The van der Waals surface area contributed by atoms with Crippen LogP contribution in [0.15, 0.2) is 24.3 Å². The van der Waals surface area contributed by atoms with Gasteiger partial charge in [0.25, 0.3) is 0 Å². The Morgan fingerprint density at radius 3 is 1.97 bits per heavy atom. The molecule has 1 aromatic carbocycles. The molecule has 0 aromatic heterocycles.